The SMILES string of the molecule is CC(CNC(=O)c1ccc(CN(c2cc(C(F)(F)F)ccc2Cl)S(C)(=O)=O)cc1)c1ccccc1. The number of nitrogens with one attached hydrogen (secondary N) is 1. The van der Waals surface area contributed by atoms with Crippen molar-refractivity contribution in [1.82, 2.24) is 5.32 Å². The van der Waals surface area contributed by atoms with Crippen molar-refractivity contribution in [2.45, 2.75) is 25.6 Å². The van der Waals surface area contributed by atoms with Gasteiger partial charge in [-0.05, 0) is 47.4 Å². The Morgan fingerprint density at radius 1 is 1.03 bits per heavy atom. The molecule has 1 N–H and O–H groups in total. The average molecular weight is 525 g/mol. The van der Waals surface area contributed by atoms with E-state index in [4.69, 9.17) is 11.6 Å². The number of benzene rings is 3. The smallest absolute Gasteiger partial charge is 0.351 e. The van der Waals surface area contributed by atoms with Crippen LogP contribution in [0.5, 0.6) is 0 Å². The molecule has 0 heterocycles. The van der Waals surface area contributed by atoms with E-state index >= 15 is 0 Å². The second-order valence-electron chi connectivity index (χ2n) is 8.15. The van der Waals surface area contributed by atoms with E-state index in [9.17, 15) is 26.4 Å². The van der Waals surface area contributed by atoms with Crippen LogP contribution in [0.2, 0.25) is 5.02 Å². The fraction of sp³-hybridized carbons (Fsp3) is 0.240. The lowest BCUT2D eigenvalue weighted by Crippen LogP contribution is -2.30. The van der Waals surface area contributed by atoms with E-state index in [0.717, 1.165) is 28.3 Å². The van der Waals surface area contributed by atoms with Crippen molar-refractivity contribution in [2.75, 3.05) is 17.1 Å². The van der Waals surface area contributed by atoms with Crippen LogP contribution in [0.25, 0.3) is 0 Å². The highest BCUT2D eigenvalue weighted by atomic mass is 35.5. The molecule has 0 radical (unpaired) electrons. The summed E-state index contributed by atoms with van der Waals surface area (Å²) in [5, 5.41) is 2.73. The van der Waals surface area contributed by atoms with E-state index in [0.29, 0.717) is 23.7 Å². The highest BCUT2D eigenvalue weighted by molar-refractivity contribution is 7.92. The molecule has 5 nitrogen and oxygen atoms in total. The van der Waals surface area contributed by atoms with Gasteiger partial charge in [0.15, 0.2) is 0 Å². The predicted octanol–water partition coefficient (Wildman–Crippen LogP) is 5.86. The van der Waals surface area contributed by atoms with Crippen LogP contribution >= 0.6 is 11.6 Å². The summed E-state index contributed by atoms with van der Waals surface area (Å²) in [7, 11) is -3.97. The van der Waals surface area contributed by atoms with E-state index in [1.807, 2.05) is 37.3 Å². The number of hydrogen-bond donors (Lipinski definition) is 1. The molecule has 0 aliphatic rings. The highest BCUT2D eigenvalue weighted by Crippen LogP contribution is 2.36. The molecule has 0 bridgehead atoms. The van der Waals surface area contributed by atoms with Gasteiger partial charge in [-0.1, -0.05) is 61.0 Å². The van der Waals surface area contributed by atoms with Crippen molar-refractivity contribution >= 4 is 33.2 Å². The molecule has 3 aromatic rings. The minimum atomic E-state index is -4.66. The number of nitrogens with zero attached hydrogens (tertiary/aromatic N) is 1. The van der Waals surface area contributed by atoms with Crippen molar-refractivity contribution in [2.24, 2.45) is 0 Å². The summed E-state index contributed by atoms with van der Waals surface area (Å²) in [5.41, 5.74) is 0.649. The van der Waals surface area contributed by atoms with Crippen molar-refractivity contribution in [3.63, 3.8) is 0 Å². The van der Waals surface area contributed by atoms with Gasteiger partial charge in [0.05, 0.1) is 29.1 Å². The molecule has 0 aromatic heterocycles. The first-order valence-corrected chi connectivity index (χ1v) is 12.9. The van der Waals surface area contributed by atoms with Gasteiger partial charge in [-0.25, -0.2) is 8.42 Å². The molecule has 3 aromatic carbocycles. The lowest BCUT2D eigenvalue weighted by Gasteiger charge is -2.24. The largest absolute Gasteiger partial charge is 0.416 e. The van der Waals surface area contributed by atoms with Gasteiger partial charge in [0.25, 0.3) is 5.91 Å². The molecule has 35 heavy (non-hydrogen) atoms. The Bertz CT molecular complexity index is 1280. The third-order valence-electron chi connectivity index (χ3n) is 5.42. The topological polar surface area (TPSA) is 66.5 Å². The zero-order valence-corrected chi connectivity index (χ0v) is 20.6. The number of alkyl halides is 3. The molecule has 3 rings (SSSR count). The molecule has 1 amide bonds. The molecular weight excluding hydrogens is 501 g/mol. The van der Waals surface area contributed by atoms with E-state index in [-0.39, 0.29) is 29.1 Å². The second-order valence-corrected chi connectivity index (χ2v) is 10.5. The molecule has 1 unspecified atom stereocenters. The van der Waals surface area contributed by atoms with Crippen LogP contribution in [0.15, 0.2) is 72.8 Å². The van der Waals surface area contributed by atoms with Crippen molar-refractivity contribution < 1.29 is 26.4 Å². The highest BCUT2D eigenvalue weighted by Gasteiger charge is 2.32. The van der Waals surface area contributed by atoms with Crippen LogP contribution in [-0.4, -0.2) is 27.1 Å². The van der Waals surface area contributed by atoms with Gasteiger partial charge in [0, 0.05) is 12.1 Å². The number of hydrogen-bond acceptors (Lipinski definition) is 3. The normalized spacial score (nSPS) is 12.7. The second kappa shape index (κ2) is 10.7. The average Bonchev–Trinajstić information content (AvgIpc) is 2.81. The Kier molecular flexibility index (Phi) is 8.12. The molecule has 0 fully saturated rings. The molecule has 0 aliphatic heterocycles. The van der Waals surface area contributed by atoms with Crippen LogP contribution < -0.4 is 9.62 Å². The Labute approximate surface area is 207 Å². The van der Waals surface area contributed by atoms with Gasteiger partial charge in [0.2, 0.25) is 10.0 Å². The summed E-state index contributed by atoms with van der Waals surface area (Å²) in [5.74, 6) is -0.180. The monoisotopic (exact) mass is 524 g/mol. The maximum Gasteiger partial charge on any atom is 0.416 e. The van der Waals surface area contributed by atoms with Gasteiger partial charge >= 0.3 is 6.18 Å². The van der Waals surface area contributed by atoms with E-state index in [1.165, 1.54) is 12.1 Å². The zero-order valence-electron chi connectivity index (χ0n) is 19.0. The van der Waals surface area contributed by atoms with Crippen LogP contribution in [-0.2, 0) is 22.7 Å². The number of carbonyl (C=O) groups excluding carboxylic acids is 1. The summed E-state index contributed by atoms with van der Waals surface area (Å²) < 4.78 is 65.1. The summed E-state index contributed by atoms with van der Waals surface area (Å²) in [4.78, 5) is 12.5. The van der Waals surface area contributed by atoms with Crippen LogP contribution in [0.4, 0.5) is 18.9 Å². The first-order chi connectivity index (χ1) is 16.4. The number of rotatable bonds is 8. The maximum atomic E-state index is 13.2. The van der Waals surface area contributed by atoms with Crippen molar-refractivity contribution in [3.05, 3.63) is 100 Å². The van der Waals surface area contributed by atoms with E-state index in [2.05, 4.69) is 5.32 Å². The van der Waals surface area contributed by atoms with E-state index < -0.39 is 21.8 Å². The summed E-state index contributed by atoms with van der Waals surface area (Å²) in [6.07, 6.45) is -3.77. The van der Waals surface area contributed by atoms with E-state index in [1.54, 1.807) is 12.1 Å². The molecule has 0 spiro atoms. The molecular formula is C25H24ClF3N2O3S. The maximum absolute atomic E-state index is 13.2. The van der Waals surface area contributed by atoms with Gasteiger partial charge in [-0.15, -0.1) is 0 Å². The Morgan fingerprint density at radius 3 is 2.23 bits per heavy atom. The first-order valence-electron chi connectivity index (χ1n) is 10.6. The summed E-state index contributed by atoms with van der Waals surface area (Å²) in [6, 6.07) is 18.4. The summed E-state index contributed by atoms with van der Waals surface area (Å²) >= 11 is 6.06. The third kappa shape index (κ3) is 6.99. The quantitative estimate of drug-likeness (QED) is 0.401. The Morgan fingerprint density at radius 2 is 1.66 bits per heavy atom. The minimum Gasteiger partial charge on any atom is -0.351 e. The van der Waals surface area contributed by atoms with Crippen LogP contribution in [0, 0.1) is 0 Å². The number of halogens is 4. The van der Waals surface area contributed by atoms with Gasteiger partial charge in [-0.3, -0.25) is 9.10 Å². The van der Waals surface area contributed by atoms with Crippen LogP contribution in [0.1, 0.15) is 39.9 Å². The molecule has 0 saturated heterocycles. The number of anilines is 1. The number of carbonyl (C=O) groups is 1. The van der Waals surface area contributed by atoms with Crippen molar-refractivity contribution in [1.29, 1.82) is 0 Å². The lowest BCUT2D eigenvalue weighted by molar-refractivity contribution is -0.137. The zero-order chi connectivity index (χ0) is 25.8. The lowest BCUT2D eigenvalue weighted by atomic mass is 10.0. The fourth-order valence-corrected chi connectivity index (χ4v) is 4.60. The predicted molar refractivity (Wildman–Crippen MR) is 131 cm³/mol. The van der Waals surface area contributed by atoms with Gasteiger partial charge in [0.1, 0.15) is 0 Å². The Balaban J connectivity index is 1.75. The fourth-order valence-electron chi connectivity index (χ4n) is 3.44. The minimum absolute atomic E-state index is 0.111. The molecule has 10 heteroatoms. The Hall–Kier alpha value is -3.04. The van der Waals surface area contributed by atoms with Gasteiger partial charge in [-0.2, -0.15) is 13.2 Å². The first kappa shape index (κ1) is 26.6. The molecule has 0 saturated carbocycles. The van der Waals surface area contributed by atoms with Crippen molar-refractivity contribution in [3.8, 4) is 0 Å². The van der Waals surface area contributed by atoms with Gasteiger partial charge < -0.3 is 5.32 Å². The number of amides is 1. The molecule has 1 atom stereocenters. The number of sulfonamides is 1. The molecule has 0 aliphatic carbocycles. The molecule has 186 valence electrons. The van der Waals surface area contributed by atoms with Crippen LogP contribution in [0.3, 0.4) is 0 Å². The summed E-state index contributed by atoms with van der Waals surface area (Å²) in [6.45, 7) is 2.17. The third-order valence-corrected chi connectivity index (χ3v) is 6.87. The standard InChI is InChI=1S/C25H24ClF3N2O3S/c1-17(19-6-4-3-5-7-19)15-30-24(32)20-10-8-18(9-11-20)16-31(35(2,33)34)23-14-21(25(27,28)29)12-13-22(23)26/h3-14,17H,15-16H2,1-2H3,(H,30,32).